The predicted molar refractivity (Wildman–Crippen MR) is 125 cm³/mol. The zero-order chi connectivity index (χ0) is 22.0. The Morgan fingerprint density at radius 2 is 1.71 bits per heavy atom. The van der Waals surface area contributed by atoms with Crippen LogP contribution >= 0.6 is 11.6 Å². The maximum absolute atomic E-state index is 13.0. The summed E-state index contributed by atoms with van der Waals surface area (Å²) in [6.07, 6.45) is 3.62. The van der Waals surface area contributed by atoms with E-state index in [1.807, 2.05) is 18.2 Å². The fraction of sp³-hybridized carbons (Fsp3) is 0.304. The van der Waals surface area contributed by atoms with Crippen molar-refractivity contribution in [3.05, 3.63) is 64.7 Å². The lowest BCUT2D eigenvalue weighted by Crippen LogP contribution is -2.30. The van der Waals surface area contributed by atoms with E-state index in [-0.39, 0.29) is 4.90 Å². The number of aryl methyl sites for hydroxylation is 2. The van der Waals surface area contributed by atoms with Crippen molar-refractivity contribution in [2.45, 2.75) is 38.0 Å². The second-order valence-corrected chi connectivity index (χ2v) is 9.94. The summed E-state index contributed by atoms with van der Waals surface area (Å²) in [6.45, 7) is 5.53. The van der Waals surface area contributed by atoms with Gasteiger partial charge < -0.3 is 4.90 Å². The Balaban J connectivity index is 1.56. The Labute approximate surface area is 188 Å². The molecule has 0 atom stereocenters. The first kappa shape index (κ1) is 21.6. The topological polar surface area (TPSA) is 75.2 Å². The third-order valence-electron chi connectivity index (χ3n) is 5.49. The quantitative estimate of drug-likeness (QED) is 0.570. The van der Waals surface area contributed by atoms with E-state index in [0.717, 1.165) is 24.5 Å². The molecule has 162 valence electrons. The average Bonchev–Trinajstić information content (AvgIpc) is 2.77. The minimum Gasteiger partial charge on any atom is -0.355 e. The van der Waals surface area contributed by atoms with Crippen molar-refractivity contribution < 1.29 is 8.42 Å². The van der Waals surface area contributed by atoms with Gasteiger partial charge in [-0.3, -0.25) is 4.72 Å². The molecule has 0 saturated carbocycles. The molecule has 0 unspecified atom stereocenters. The highest BCUT2D eigenvalue weighted by molar-refractivity contribution is 7.92. The molecule has 1 aliphatic rings. The Morgan fingerprint density at radius 1 is 0.935 bits per heavy atom. The highest BCUT2D eigenvalue weighted by Gasteiger charge is 2.19. The van der Waals surface area contributed by atoms with Crippen molar-refractivity contribution >= 4 is 33.1 Å². The van der Waals surface area contributed by atoms with Crippen molar-refractivity contribution in [1.29, 1.82) is 0 Å². The minimum absolute atomic E-state index is 0.213. The van der Waals surface area contributed by atoms with E-state index in [2.05, 4.69) is 19.8 Å². The number of aromatic nitrogens is 2. The summed E-state index contributed by atoms with van der Waals surface area (Å²) in [6, 6.07) is 14.3. The summed E-state index contributed by atoms with van der Waals surface area (Å²) in [5, 5.41) is 9.30. The lowest BCUT2D eigenvalue weighted by atomic mass is 10.1. The average molecular weight is 457 g/mol. The highest BCUT2D eigenvalue weighted by atomic mass is 35.5. The summed E-state index contributed by atoms with van der Waals surface area (Å²) in [4.78, 5) is 2.46. The van der Waals surface area contributed by atoms with Gasteiger partial charge in [-0.05, 0) is 80.6 Å². The first-order valence-corrected chi connectivity index (χ1v) is 12.2. The lowest BCUT2D eigenvalue weighted by molar-refractivity contribution is 0.571. The maximum Gasteiger partial charge on any atom is 0.262 e. The van der Waals surface area contributed by atoms with E-state index in [1.165, 1.54) is 19.3 Å². The number of nitrogens with one attached hydrogen (secondary N) is 1. The van der Waals surface area contributed by atoms with Crippen LogP contribution in [-0.2, 0) is 10.0 Å². The molecule has 2 heterocycles. The van der Waals surface area contributed by atoms with Crippen molar-refractivity contribution in [2.24, 2.45) is 0 Å². The van der Waals surface area contributed by atoms with E-state index in [9.17, 15) is 8.42 Å². The Kier molecular flexibility index (Phi) is 6.16. The molecule has 8 heteroatoms. The molecule has 1 saturated heterocycles. The maximum atomic E-state index is 13.0. The van der Waals surface area contributed by atoms with E-state index in [1.54, 1.807) is 44.2 Å². The van der Waals surface area contributed by atoms with Gasteiger partial charge in [-0.2, -0.15) is 0 Å². The summed E-state index contributed by atoms with van der Waals surface area (Å²) < 4.78 is 28.6. The first-order valence-electron chi connectivity index (χ1n) is 10.3. The zero-order valence-electron chi connectivity index (χ0n) is 17.6. The van der Waals surface area contributed by atoms with Gasteiger partial charge in [0.2, 0.25) is 0 Å². The third-order valence-corrected chi connectivity index (χ3v) is 7.42. The van der Waals surface area contributed by atoms with Gasteiger partial charge in [-0.15, -0.1) is 10.2 Å². The Hall–Kier alpha value is -2.64. The van der Waals surface area contributed by atoms with Gasteiger partial charge in [-0.25, -0.2) is 8.42 Å². The number of rotatable bonds is 5. The molecule has 6 nitrogen and oxygen atoms in total. The normalized spacial score (nSPS) is 14.5. The summed E-state index contributed by atoms with van der Waals surface area (Å²) in [5.41, 5.74) is 3.26. The molecule has 0 amide bonds. The summed E-state index contributed by atoms with van der Waals surface area (Å²) in [5.74, 6) is 0.883. The van der Waals surface area contributed by atoms with Crippen molar-refractivity contribution in [1.82, 2.24) is 10.2 Å². The van der Waals surface area contributed by atoms with E-state index < -0.39 is 10.0 Å². The first-order chi connectivity index (χ1) is 14.8. The second kappa shape index (κ2) is 8.85. The molecule has 1 fully saturated rings. The number of nitrogens with zero attached hydrogens (tertiary/aromatic N) is 3. The predicted octanol–water partition coefficient (Wildman–Crippen LogP) is 5.20. The monoisotopic (exact) mass is 456 g/mol. The van der Waals surface area contributed by atoms with Crippen LogP contribution in [0, 0.1) is 13.8 Å². The number of sulfonamides is 1. The van der Waals surface area contributed by atoms with Gasteiger partial charge in [0.15, 0.2) is 5.82 Å². The number of hydrogen-bond donors (Lipinski definition) is 1. The van der Waals surface area contributed by atoms with Gasteiger partial charge >= 0.3 is 0 Å². The lowest BCUT2D eigenvalue weighted by Gasteiger charge is -2.27. The molecule has 1 N–H and O–H groups in total. The van der Waals surface area contributed by atoms with Gasteiger partial charge in [0.1, 0.15) is 0 Å². The second-order valence-electron chi connectivity index (χ2n) is 7.88. The molecule has 0 radical (unpaired) electrons. The zero-order valence-corrected chi connectivity index (χ0v) is 19.2. The molecule has 1 aliphatic heterocycles. The molecular weight excluding hydrogens is 432 g/mol. The SMILES string of the molecule is Cc1cc(S(=O)(=O)Nc2cccc(-c3ccc(N4CCCCC4)nn3)c2)c(C)cc1Cl. The van der Waals surface area contributed by atoms with Crippen molar-refractivity contribution in [3.8, 4) is 11.3 Å². The van der Waals surface area contributed by atoms with Crippen LogP contribution in [0.4, 0.5) is 11.5 Å². The van der Waals surface area contributed by atoms with E-state index in [4.69, 9.17) is 11.6 Å². The number of hydrogen-bond acceptors (Lipinski definition) is 5. The molecule has 0 spiro atoms. The molecule has 3 aromatic rings. The van der Waals surface area contributed by atoms with Crippen LogP contribution in [0.25, 0.3) is 11.3 Å². The van der Waals surface area contributed by atoms with Crippen LogP contribution in [0.15, 0.2) is 53.4 Å². The van der Waals surface area contributed by atoms with Crippen LogP contribution in [0.3, 0.4) is 0 Å². The highest BCUT2D eigenvalue weighted by Crippen LogP contribution is 2.27. The number of piperidine rings is 1. The molecule has 0 bridgehead atoms. The summed E-state index contributed by atoms with van der Waals surface area (Å²) in [7, 11) is -3.75. The van der Waals surface area contributed by atoms with Gasteiger partial charge in [0, 0.05) is 29.4 Å². The van der Waals surface area contributed by atoms with Crippen LogP contribution in [0.1, 0.15) is 30.4 Å². The third kappa shape index (κ3) is 4.83. The van der Waals surface area contributed by atoms with Crippen LogP contribution in [-0.4, -0.2) is 31.7 Å². The number of anilines is 2. The van der Waals surface area contributed by atoms with Crippen molar-refractivity contribution in [2.75, 3.05) is 22.7 Å². The van der Waals surface area contributed by atoms with Gasteiger partial charge in [0.05, 0.1) is 10.6 Å². The largest absolute Gasteiger partial charge is 0.355 e. The van der Waals surface area contributed by atoms with Crippen LogP contribution in [0.2, 0.25) is 5.02 Å². The van der Waals surface area contributed by atoms with Crippen LogP contribution in [0.5, 0.6) is 0 Å². The van der Waals surface area contributed by atoms with Crippen LogP contribution < -0.4 is 9.62 Å². The number of halogens is 1. The number of benzene rings is 2. The van der Waals surface area contributed by atoms with E-state index in [0.29, 0.717) is 27.5 Å². The van der Waals surface area contributed by atoms with E-state index >= 15 is 0 Å². The molecule has 4 rings (SSSR count). The van der Waals surface area contributed by atoms with Crippen molar-refractivity contribution in [3.63, 3.8) is 0 Å². The summed E-state index contributed by atoms with van der Waals surface area (Å²) >= 11 is 6.11. The molecular formula is C23H25ClN4O2S. The Morgan fingerprint density at radius 3 is 2.42 bits per heavy atom. The molecule has 0 aliphatic carbocycles. The standard InChI is InChI=1S/C23H25ClN4O2S/c1-16-14-22(17(2)13-20(16)24)31(29,30)27-19-8-6-7-18(15-19)21-9-10-23(26-25-21)28-11-4-3-5-12-28/h6-10,13-15,27H,3-5,11-12H2,1-2H3. The molecule has 2 aromatic carbocycles. The van der Waals surface area contributed by atoms with Gasteiger partial charge in [-0.1, -0.05) is 23.7 Å². The fourth-order valence-electron chi connectivity index (χ4n) is 3.77. The minimum atomic E-state index is -3.75. The Bertz CT molecular complexity index is 1190. The molecule has 31 heavy (non-hydrogen) atoms. The fourth-order valence-corrected chi connectivity index (χ4v) is 5.35. The smallest absolute Gasteiger partial charge is 0.262 e. The molecule has 1 aromatic heterocycles. The van der Waals surface area contributed by atoms with Gasteiger partial charge in [0.25, 0.3) is 10.0 Å².